The number of benzene rings is 1. The largest absolute Gasteiger partial charge is 0.396 e. The molecule has 0 aromatic heterocycles. The van der Waals surface area contributed by atoms with Crippen molar-refractivity contribution >= 4 is 34.6 Å². The fourth-order valence-corrected chi connectivity index (χ4v) is 1.66. The summed E-state index contributed by atoms with van der Waals surface area (Å²) in [6.07, 6.45) is 0.484. The number of anilines is 1. The Morgan fingerprint density at radius 1 is 1.47 bits per heavy atom. The van der Waals surface area contributed by atoms with Gasteiger partial charge in [0.05, 0.1) is 15.0 Å². The smallest absolute Gasteiger partial charge is 0.293 e. The highest BCUT2D eigenvalue weighted by Gasteiger charge is 2.18. The summed E-state index contributed by atoms with van der Waals surface area (Å²) in [6, 6.07) is 2.52. The van der Waals surface area contributed by atoms with Gasteiger partial charge in [-0.3, -0.25) is 10.1 Å². The molecule has 1 aromatic rings. The van der Waals surface area contributed by atoms with Crippen molar-refractivity contribution in [3.63, 3.8) is 0 Å². The molecule has 94 valence electrons. The maximum absolute atomic E-state index is 10.8. The Hall–Kier alpha value is -1.04. The number of nitrogens with one attached hydrogen (secondary N) is 1. The summed E-state index contributed by atoms with van der Waals surface area (Å²) >= 11 is 11.5. The quantitative estimate of drug-likeness (QED) is 0.641. The van der Waals surface area contributed by atoms with Crippen LogP contribution in [-0.4, -0.2) is 22.7 Å². The van der Waals surface area contributed by atoms with Crippen LogP contribution < -0.4 is 5.32 Å². The summed E-state index contributed by atoms with van der Waals surface area (Å²) in [7, 11) is 0. The summed E-state index contributed by atoms with van der Waals surface area (Å²) in [5.41, 5.74) is 0.162. The normalized spacial score (nSPS) is 12.2. The minimum atomic E-state index is -0.532. The maximum Gasteiger partial charge on any atom is 0.293 e. The lowest BCUT2D eigenvalue weighted by atomic mass is 10.2. The molecule has 7 heteroatoms. The van der Waals surface area contributed by atoms with E-state index in [0.717, 1.165) is 0 Å². The number of aliphatic hydroxyl groups is 1. The molecule has 2 N–H and O–H groups in total. The first kappa shape index (κ1) is 14.0. The van der Waals surface area contributed by atoms with Gasteiger partial charge in [0, 0.05) is 18.7 Å². The third-order valence-electron chi connectivity index (χ3n) is 2.20. The van der Waals surface area contributed by atoms with Crippen molar-refractivity contribution in [2.24, 2.45) is 0 Å². The van der Waals surface area contributed by atoms with Crippen LogP contribution in [0.5, 0.6) is 0 Å². The fourth-order valence-electron chi connectivity index (χ4n) is 1.33. The molecule has 5 nitrogen and oxygen atoms in total. The van der Waals surface area contributed by atoms with Gasteiger partial charge in [0.15, 0.2) is 0 Å². The average Bonchev–Trinajstić information content (AvgIpc) is 2.23. The van der Waals surface area contributed by atoms with Gasteiger partial charge in [-0.1, -0.05) is 23.2 Å². The van der Waals surface area contributed by atoms with Crippen molar-refractivity contribution in [3.8, 4) is 0 Å². The first-order chi connectivity index (χ1) is 7.95. The topological polar surface area (TPSA) is 75.4 Å². The molecule has 1 rings (SSSR count). The average molecular weight is 279 g/mol. The van der Waals surface area contributed by atoms with Gasteiger partial charge >= 0.3 is 0 Å². The highest BCUT2D eigenvalue weighted by molar-refractivity contribution is 6.42. The predicted molar refractivity (Wildman–Crippen MR) is 67.9 cm³/mol. The van der Waals surface area contributed by atoms with Crippen LogP contribution in [0.25, 0.3) is 0 Å². The van der Waals surface area contributed by atoms with Crippen LogP contribution in [0, 0.1) is 10.1 Å². The first-order valence-corrected chi connectivity index (χ1v) is 5.72. The Morgan fingerprint density at radius 3 is 2.59 bits per heavy atom. The maximum atomic E-state index is 10.8. The van der Waals surface area contributed by atoms with Gasteiger partial charge < -0.3 is 10.4 Å². The molecule has 0 fully saturated rings. The van der Waals surface area contributed by atoms with Crippen molar-refractivity contribution in [3.05, 3.63) is 32.3 Å². The Bertz CT molecular complexity index is 426. The Morgan fingerprint density at radius 2 is 2.06 bits per heavy atom. The van der Waals surface area contributed by atoms with Crippen molar-refractivity contribution < 1.29 is 10.0 Å². The Labute approximate surface area is 108 Å². The van der Waals surface area contributed by atoms with Crippen LogP contribution in [0.4, 0.5) is 11.4 Å². The monoisotopic (exact) mass is 278 g/mol. The van der Waals surface area contributed by atoms with Crippen LogP contribution in [0.2, 0.25) is 10.0 Å². The van der Waals surface area contributed by atoms with E-state index < -0.39 is 4.92 Å². The summed E-state index contributed by atoms with van der Waals surface area (Å²) in [6.45, 7) is 1.81. The number of halogens is 2. The molecule has 17 heavy (non-hydrogen) atoms. The van der Waals surface area contributed by atoms with Crippen LogP contribution in [0.1, 0.15) is 13.3 Å². The van der Waals surface area contributed by atoms with E-state index >= 15 is 0 Å². The molecule has 0 aliphatic heterocycles. The van der Waals surface area contributed by atoms with Crippen LogP contribution in [0.3, 0.4) is 0 Å². The molecular formula is C10H12Cl2N2O3. The highest BCUT2D eigenvalue weighted by Crippen LogP contribution is 2.34. The van der Waals surface area contributed by atoms with Crippen molar-refractivity contribution in [2.75, 3.05) is 11.9 Å². The third kappa shape index (κ3) is 3.73. The van der Waals surface area contributed by atoms with Gasteiger partial charge in [-0.15, -0.1) is 0 Å². The summed E-state index contributed by atoms with van der Waals surface area (Å²) in [5.74, 6) is 0. The lowest BCUT2D eigenvalue weighted by molar-refractivity contribution is -0.384. The Kier molecular flexibility index (Phi) is 4.99. The van der Waals surface area contributed by atoms with Crippen LogP contribution in [-0.2, 0) is 0 Å². The van der Waals surface area contributed by atoms with Gasteiger partial charge in [0.2, 0.25) is 0 Å². The standard InChI is InChI=1S/C10H12Cl2N2O3/c1-6(2-3-15)13-9-4-7(11)8(12)5-10(9)14(16)17/h4-6,13,15H,2-3H2,1H3. The lowest BCUT2D eigenvalue weighted by Gasteiger charge is -2.14. The number of nitrogens with zero attached hydrogens (tertiary/aromatic N) is 1. The molecule has 0 saturated heterocycles. The second-order valence-corrected chi connectivity index (χ2v) is 4.41. The summed E-state index contributed by atoms with van der Waals surface area (Å²) < 4.78 is 0. The van der Waals surface area contributed by atoms with Gasteiger partial charge in [0.25, 0.3) is 5.69 Å². The van der Waals surface area contributed by atoms with E-state index in [4.69, 9.17) is 28.3 Å². The molecule has 0 heterocycles. The minimum Gasteiger partial charge on any atom is -0.396 e. The molecule has 0 radical (unpaired) electrons. The highest BCUT2D eigenvalue weighted by atomic mass is 35.5. The van der Waals surface area contributed by atoms with Gasteiger partial charge in [-0.2, -0.15) is 0 Å². The molecular weight excluding hydrogens is 267 g/mol. The SMILES string of the molecule is CC(CCO)Nc1cc(Cl)c(Cl)cc1[N+](=O)[O-]. The zero-order valence-corrected chi connectivity index (χ0v) is 10.6. The molecule has 0 aliphatic carbocycles. The van der Waals surface area contributed by atoms with E-state index in [2.05, 4.69) is 5.32 Å². The minimum absolute atomic E-state index is 0.00326. The molecule has 1 aromatic carbocycles. The number of rotatable bonds is 5. The lowest BCUT2D eigenvalue weighted by Crippen LogP contribution is -2.17. The zero-order valence-electron chi connectivity index (χ0n) is 9.11. The van der Waals surface area contributed by atoms with Crippen LogP contribution >= 0.6 is 23.2 Å². The van der Waals surface area contributed by atoms with E-state index in [1.165, 1.54) is 12.1 Å². The molecule has 0 spiro atoms. The number of nitro benzene ring substituents is 1. The van der Waals surface area contributed by atoms with Crippen LogP contribution in [0.15, 0.2) is 12.1 Å². The van der Waals surface area contributed by atoms with E-state index in [1.54, 1.807) is 0 Å². The summed E-state index contributed by atoms with van der Waals surface area (Å²) in [5, 5.41) is 22.9. The summed E-state index contributed by atoms with van der Waals surface area (Å²) in [4.78, 5) is 10.3. The van der Waals surface area contributed by atoms with Gasteiger partial charge in [-0.05, 0) is 19.4 Å². The zero-order chi connectivity index (χ0) is 13.0. The number of hydrogen-bond acceptors (Lipinski definition) is 4. The third-order valence-corrected chi connectivity index (χ3v) is 2.92. The van der Waals surface area contributed by atoms with Crippen molar-refractivity contribution in [2.45, 2.75) is 19.4 Å². The van der Waals surface area contributed by atoms with E-state index in [0.29, 0.717) is 12.1 Å². The second kappa shape index (κ2) is 6.05. The Balaban J connectivity index is 3.04. The van der Waals surface area contributed by atoms with Gasteiger partial charge in [-0.25, -0.2) is 0 Å². The first-order valence-electron chi connectivity index (χ1n) is 4.96. The molecule has 0 amide bonds. The van der Waals surface area contributed by atoms with Gasteiger partial charge in [0.1, 0.15) is 5.69 Å². The van der Waals surface area contributed by atoms with Crippen molar-refractivity contribution in [1.82, 2.24) is 0 Å². The molecule has 1 unspecified atom stereocenters. The fraction of sp³-hybridized carbons (Fsp3) is 0.400. The predicted octanol–water partition coefficient (Wildman–Crippen LogP) is 3.08. The molecule has 1 atom stereocenters. The number of aliphatic hydroxyl groups excluding tert-OH is 1. The molecule has 0 bridgehead atoms. The van der Waals surface area contributed by atoms with Crippen molar-refractivity contribution in [1.29, 1.82) is 0 Å². The molecule has 0 aliphatic rings. The van der Waals surface area contributed by atoms with E-state index in [9.17, 15) is 10.1 Å². The number of hydrogen-bond donors (Lipinski definition) is 2. The van der Waals surface area contributed by atoms with E-state index in [-0.39, 0.29) is 28.4 Å². The molecule has 0 saturated carbocycles. The second-order valence-electron chi connectivity index (χ2n) is 3.60. The van der Waals surface area contributed by atoms with E-state index in [1.807, 2.05) is 6.92 Å². The number of nitro groups is 1.